The molecule has 0 bridgehead atoms. The number of benzene rings is 1. The lowest BCUT2D eigenvalue weighted by atomic mass is 10.0. The molecule has 3 heterocycles. The molecule has 0 radical (unpaired) electrons. The zero-order valence-corrected chi connectivity index (χ0v) is 20.0. The maximum absolute atomic E-state index is 13.5. The van der Waals surface area contributed by atoms with Crippen LogP contribution in [-0.4, -0.2) is 84.9 Å². The van der Waals surface area contributed by atoms with Crippen LogP contribution >= 0.6 is 0 Å². The van der Waals surface area contributed by atoms with Crippen LogP contribution in [0.25, 0.3) is 0 Å². The molecule has 2 aliphatic heterocycles. The van der Waals surface area contributed by atoms with E-state index in [4.69, 9.17) is 9.15 Å². The Kier molecular flexibility index (Phi) is 8.49. The molecule has 0 spiro atoms. The highest BCUT2D eigenvalue weighted by molar-refractivity contribution is 6.03. The average Bonchev–Trinajstić information content (AvgIpc) is 3.56. The number of morpholine rings is 1. The fraction of sp³-hybridized carbons (Fsp3) is 0.480. The Bertz CT molecular complexity index is 1010. The average molecular weight is 486 g/mol. The molecule has 4 rings (SSSR count). The molecular weight excluding hydrogens is 453 g/mol. The normalized spacial score (nSPS) is 18.4. The van der Waals surface area contributed by atoms with Gasteiger partial charge in [-0.15, -0.1) is 0 Å². The van der Waals surface area contributed by atoms with Crippen molar-refractivity contribution in [3.63, 3.8) is 0 Å². The van der Waals surface area contributed by atoms with Crippen LogP contribution in [0.2, 0.25) is 0 Å². The van der Waals surface area contributed by atoms with Gasteiger partial charge in [-0.3, -0.25) is 9.69 Å². The molecule has 0 aliphatic carbocycles. The van der Waals surface area contributed by atoms with E-state index < -0.39 is 6.04 Å². The van der Waals surface area contributed by atoms with Crippen molar-refractivity contribution in [1.29, 1.82) is 0 Å². The molecule has 0 unspecified atom stereocenters. The summed E-state index contributed by atoms with van der Waals surface area (Å²) in [5, 5.41) is 8.86. The third-order valence-electron chi connectivity index (χ3n) is 6.14. The van der Waals surface area contributed by atoms with E-state index in [-0.39, 0.29) is 24.3 Å². The first kappa shape index (κ1) is 24.9. The Balaban J connectivity index is 1.50. The first-order valence-electron chi connectivity index (χ1n) is 12.1. The number of ether oxygens (including phenoxy) is 1. The molecule has 0 saturated carbocycles. The van der Waals surface area contributed by atoms with Crippen molar-refractivity contribution in [2.75, 3.05) is 52.5 Å². The van der Waals surface area contributed by atoms with Gasteiger partial charge in [-0.1, -0.05) is 19.1 Å². The van der Waals surface area contributed by atoms with Gasteiger partial charge in [0.25, 0.3) is 5.91 Å². The second-order valence-electron chi connectivity index (χ2n) is 8.63. The smallest absolute Gasteiger partial charge is 0.317 e. The number of hydrogen-bond acceptors (Lipinski definition) is 6. The number of amides is 3. The lowest BCUT2D eigenvalue weighted by Gasteiger charge is -2.30. The summed E-state index contributed by atoms with van der Waals surface area (Å²) in [6, 6.07) is 8.90. The van der Waals surface area contributed by atoms with E-state index in [1.807, 2.05) is 6.92 Å². The number of urea groups is 1. The Morgan fingerprint density at radius 3 is 2.66 bits per heavy atom. The summed E-state index contributed by atoms with van der Waals surface area (Å²) in [7, 11) is 0. The van der Waals surface area contributed by atoms with Crippen LogP contribution in [-0.2, 0) is 9.53 Å². The Labute approximate surface area is 204 Å². The fourth-order valence-electron chi connectivity index (χ4n) is 4.18. The zero-order valence-electron chi connectivity index (χ0n) is 20.0. The third-order valence-corrected chi connectivity index (χ3v) is 6.14. The zero-order chi connectivity index (χ0) is 24.6. The maximum atomic E-state index is 13.5. The Morgan fingerprint density at radius 2 is 1.97 bits per heavy atom. The van der Waals surface area contributed by atoms with Crippen LogP contribution in [0.4, 0.5) is 9.18 Å². The van der Waals surface area contributed by atoms with E-state index in [0.717, 1.165) is 25.1 Å². The molecule has 35 heavy (non-hydrogen) atoms. The van der Waals surface area contributed by atoms with Gasteiger partial charge in [0.1, 0.15) is 24.2 Å². The highest BCUT2D eigenvalue weighted by Crippen LogP contribution is 2.33. The van der Waals surface area contributed by atoms with Gasteiger partial charge in [0.15, 0.2) is 0 Å². The molecule has 2 aliphatic rings. The number of nitrogens with zero attached hydrogens (tertiary/aromatic N) is 4. The van der Waals surface area contributed by atoms with Crippen LogP contribution < -0.4 is 5.32 Å². The first-order valence-corrected chi connectivity index (χ1v) is 12.1. The summed E-state index contributed by atoms with van der Waals surface area (Å²) in [6.45, 7) is 6.40. The van der Waals surface area contributed by atoms with E-state index in [1.165, 1.54) is 22.0 Å². The van der Waals surface area contributed by atoms with Crippen molar-refractivity contribution in [2.24, 2.45) is 5.10 Å². The highest BCUT2D eigenvalue weighted by Gasteiger charge is 2.36. The second-order valence-corrected chi connectivity index (χ2v) is 8.63. The van der Waals surface area contributed by atoms with E-state index in [9.17, 15) is 14.0 Å². The van der Waals surface area contributed by atoms with Crippen LogP contribution in [0.5, 0.6) is 0 Å². The number of nitrogens with one attached hydrogen (secondary N) is 1. The van der Waals surface area contributed by atoms with E-state index >= 15 is 0 Å². The SMILES string of the molecule is CCCNC(=O)N(CCN1CCOCC1)CC(=O)N1N=C(c2ccc(F)cc2)C[C@@H]1c1ccco1. The topological polar surface area (TPSA) is 90.6 Å². The van der Waals surface area contributed by atoms with Crippen molar-refractivity contribution in [1.82, 2.24) is 20.1 Å². The molecule has 2 aromatic rings. The molecular formula is C25H32FN5O4. The van der Waals surface area contributed by atoms with E-state index in [0.29, 0.717) is 50.7 Å². The number of rotatable bonds is 9. The van der Waals surface area contributed by atoms with Gasteiger partial charge in [-0.25, -0.2) is 14.2 Å². The lowest BCUT2D eigenvalue weighted by molar-refractivity contribution is -0.134. The van der Waals surface area contributed by atoms with E-state index in [1.54, 1.807) is 30.5 Å². The Morgan fingerprint density at radius 1 is 1.20 bits per heavy atom. The van der Waals surface area contributed by atoms with Crippen molar-refractivity contribution in [2.45, 2.75) is 25.8 Å². The summed E-state index contributed by atoms with van der Waals surface area (Å²) in [5.41, 5.74) is 1.40. The number of hydrogen-bond donors (Lipinski definition) is 1. The van der Waals surface area contributed by atoms with Gasteiger partial charge < -0.3 is 19.4 Å². The summed E-state index contributed by atoms with van der Waals surface area (Å²) >= 11 is 0. The molecule has 1 fully saturated rings. The minimum absolute atomic E-state index is 0.114. The minimum Gasteiger partial charge on any atom is -0.467 e. The summed E-state index contributed by atoms with van der Waals surface area (Å²) in [6.07, 6.45) is 2.79. The first-order chi connectivity index (χ1) is 17.0. The molecule has 9 nitrogen and oxygen atoms in total. The number of halogens is 1. The summed E-state index contributed by atoms with van der Waals surface area (Å²) < 4.78 is 24.4. The van der Waals surface area contributed by atoms with Crippen molar-refractivity contribution >= 4 is 17.6 Å². The Hall–Kier alpha value is -3.24. The molecule has 188 valence electrons. The molecule has 1 aromatic heterocycles. The van der Waals surface area contributed by atoms with Crippen LogP contribution in [0.15, 0.2) is 52.2 Å². The van der Waals surface area contributed by atoms with E-state index in [2.05, 4.69) is 15.3 Å². The molecule has 1 aromatic carbocycles. The third kappa shape index (κ3) is 6.46. The number of carbonyl (C=O) groups is 2. The maximum Gasteiger partial charge on any atom is 0.317 e. The monoisotopic (exact) mass is 485 g/mol. The molecule has 10 heteroatoms. The number of hydrazone groups is 1. The van der Waals surface area contributed by atoms with Crippen LogP contribution in [0.1, 0.15) is 37.1 Å². The van der Waals surface area contributed by atoms with Crippen molar-refractivity contribution in [3.8, 4) is 0 Å². The van der Waals surface area contributed by atoms with Crippen LogP contribution in [0.3, 0.4) is 0 Å². The molecule has 1 saturated heterocycles. The quantitative estimate of drug-likeness (QED) is 0.590. The van der Waals surface area contributed by atoms with Gasteiger partial charge in [0, 0.05) is 39.1 Å². The predicted octanol–water partition coefficient (Wildman–Crippen LogP) is 2.85. The minimum atomic E-state index is -0.433. The largest absolute Gasteiger partial charge is 0.467 e. The highest BCUT2D eigenvalue weighted by atomic mass is 19.1. The summed E-state index contributed by atoms with van der Waals surface area (Å²) in [4.78, 5) is 30.1. The van der Waals surface area contributed by atoms with Crippen molar-refractivity contribution in [3.05, 3.63) is 59.8 Å². The lowest BCUT2D eigenvalue weighted by Crippen LogP contribution is -2.49. The molecule has 3 amide bonds. The van der Waals surface area contributed by atoms with Crippen LogP contribution in [0, 0.1) is 5.82 Å². The van der Waals surface area contributed by atoms with Gasteiger partial charge >= 0.3 is 6.03 Å². The number of furan rings is 1. The second kappa shape index (κ2) is 11.9. The fourth-order valence-corrected chi connectivity index (χ4v) is 4.18. The summed E-state index contributed by atoms with van der Waals surface area (Å²) in [5.74, 6) is -0.0384. The van der Waals surface area contributed by atoms with Gasteiger partial charge in [-0.05, 0) is 36.2 Å². The van der Waals surface area contributed by atoms with Gasteiger partial charge in [0.2, 0.25) is 0 Å². The van der Waals surface area contributed by atoms with Gasteiger partial charge in [-0.2, -0.15) is 5.10 Å². The molecule has 1 N–H and O–H groups in total. The van der Waals surface area contributed by atoms with Gasteiger partial charge in [0.05, 0.1) is 25.2 Å². The standard InChI is InChI=1S/C25H32FN5O4/c1-2-9-27-25(33)30(11-10-29-12-15-34-16-13-29)18-24(32)31-22(23-4-3-14-35-23)17-21(28-31)19-5-7-20(26)8-6-19/h3-8,14,22H,2,9-13,15-18H2,1H3,(H,27,33)/t22-/m1/s1. The number of carbonyl (C=O) groups excluding carboxylic acids is 2. The van der Waals surface area contributed by atoms with Crippen molar-refractivity contribution < 1.29 is 23.1 Å². The molecule has 1 atom stereocenters. The predicted molar refractivity (Wildman–Crippen MR) is 128 cm³/mol.